The quantitative estimate of drug-likeness (QED) is 0.881. The molecule has 0 aliphatic carbocycles. The van der Waals surface area contributed by atoms with Crippen LogP contribution in [0.2, 0.25) is 0 Å². The van der Waals surface area contributed by atoms with Crippen LogP contribution >= 0.6 is 0 Å². The summed E-state index contributed by atoms with van der Waals surface area (Å²) in [5.74, 6) is -0.338. The van der Waals surface area contributed by atoms with Crippen molar-refractivity contribution in [2.24, 2.45) is 5.10 Å². The summed E-state index contributed by atoms with van der Waals surface area (Å²) in [4.78, 5) is 22.9. The van der Waals surface area contributed by atoms with Gasteiger partial charge in [-0.2, -0.15) is 5.10 Å². The molecule has 0 unspecified atom stereocenters. The molecule has 0 bridgehead atoms. The maximum atomic E-state index is 11.9. The topological polar surface area (TPSA) is 70.6 Å². The summed E-state index contributed by atoms with van der Waals surface area (Å²) in [5, 5.41) is 6.65. The second kappa shape index (κ2) is 6.52. The predicted octanol–water partition coefficient (Wildman–Crippen LogP) is 1.54. The number of amides is 2. The summed E-state index contributed by atoms with van der Waals surface area (Å²) in [5.41, 5.74) is 7.77. The van der Waals surface area contributed by atoms with Crippen molar-refractivity contribution in [2.45, 2.75) is 40.0 Å². The van der Waals surface area contributed by atoms with E-state index >= 15 is 0 Å². The van der Waals surface area contributed by atoms with Gasteiger partial charge in [0.2, 0.25) is 5.91 Å². The first-order chi connectivity index (χ1) is 9.97. The fourth-order valence-corrected chi connectivity index (χ4v) is 2.65. The van der Waals surface area contributed by atoms with Crippen molar-refractivity contribution in [3.63, 3.8) is 0 Å². The molecule has 1 aliphatic heterocycles. The molecule has 0 spiro atoms. The molecule has 0 saturated heterocycles. The number of carbonyl (C=O) groups excluding carboxylic acids is 2. The van der Waals surface area contributed by atoms with Crippen molar-refractivity contribution < 1.29 is 9.59 Å². The lowest BCUT2D eigenvalue weighted by Crippen LogP contribution is -2.37. The Kier molecular flexibility index (Phi) is 4.73. The van der Waals surface area contributed by atoms with Gasteiger partial charge >= 0.3 is 0 Å². The highest BCUT2D eigenvalue weighted by Gasteiger charge is 2.17. The van der Waals surface area contributed by atoms with Crippen LogP contribution in [0.3, 0.4) is 0 Å². The molecular formula is C16H21N3O2. The number of hydrogen-bond donors (Lipinski definition) is 2. The van der Waals surface area contributed by atoms with Gasteiger partial charge in [-0.05, 0) is 43.9 Å². The van der Waals surface area contributed by atoms with E-state index in [2.05, 4.69) is 48.7 Å². The highest BCUT2D eigenvalue weighted by Crippen LogP contribution is 2.16. The van der Waals surface area contributed by atoms with Crippen LogP contribution in [-0.4, -0.2) is 24.1 Å². The van der Waals surface area contributed by atoms with Crippen molar-refractivity contribution in [1.82, 2.24) is 10.7 Å². The molecule has 2 N–H and O–H groups in total. The maximum absolute atomic E-state index is 11.9. The van der Waals surface area contributed by atoms with Crippen LogP contribution in [0.4, 0.5) is 0 Å². The van der Waals surface area contributed by atoms with E-state index in [1.165, 1.54) is 22.3 Å². The van der Waals surface area contributed by atoms with Crippen LogP contribution in [0.25, 0.3) is 0 Å². The first-order valence-electron chi connectivity index (χ1n) is 7.17. The summed E-state index contributed by atoms with van der Waals surface area (Å²) in [7, 11) is 0. The Labute approximate surface area is 124 Å². The van der Waals surface area contributed by atoms with Gasteiger partial charge in [0.25, 0.3) is 5.91 Å². The van der Waals surface area contributed by atoms with E-state index in [4.69, 9.17) is 0 Å². The van der Waals surface area contributed by atoms with Gasteiger partial charge in [-0.15, -0.1) is 0 Å². The Hall–Kier alpha value is -2.17. The van der Waals surface area contributed by atoms with E-state index in [9.17, 15) is 9.59 Å². The van der Waals surface area contributed by atoms with Crippen molar-refractivity contribution in [2.75, 3.05) is 6.54 Å². The SMILES string of the molecule is Cc1cc(C)c(CCNC(=O)C2=NNC(=O)CC2)c(C)c1. The summed E-state index contributed by atoms with van der Waals surface area (Å²) in [6.07, 6.45) is 1.52. The Morgan fingerprint density at radius 3 is 2.48 bits per heavy atom. The lowest BCUT2D eigenvalue weighted by Gasteiger charge is -2.14. The monoisotopic (exact) mass is 287 g/mol. The zero-order chi connectivity index (χ0) is 15.4. The fraction of sp³-hybridized carbons (Fsp3) is 0.438. The molecule has 2 amide bonds. The first-order valence-corrected chi connectivity index (χ1v) is 7.17. The summed E-state index contributed by atoms with van der Waals surface area (Å²) >= 11 is 0. The normalized spacial score (nSPS) is 14.4. The number of aryl methyl sites for hydroxylation is 3. The fourth-order valence-electron chi connectivity index (χ4n) is 2.65. The lowest BCUT2D eigenvalue weighted by atomic mass is 9.97. The average Bonchev–Trinajstić information content (AvgIpc) is 2.42. The molecule has 1 heterocycles. The molecule has 2 rings (SSSR count). The minimum absolute atomic E-state index is 0.141. The molecular weight excluding hydrogens is 266 g/mol. The Morgan fingerprint density at radius 2 is 1.90 bits per heavy atom. The zero-order valence-corrected chi connectivity index (χ0v) is 12.7. The van der Waals surface area contributed by atoms with E-state index in [1.54, 1.807) is 0 Å². The van der Waals surface area contributed by atoms with Gasteiger partial charge in [0.1, 0.15) is 5.71 Å². The van der Waals surface area contributed by atoms with Gasteiger partial charge in [0.15, 0.2) is 0 Å². The van der Waals surface area contributed by atoms with Gasteiger partial charge < -0.3 is 5.32 Å². The lowest BCUT2D eigenvalue weighted by molar-refractivity contribution is -0.121. The molecule has 112 valence electrons. The molecule has 0 fully saturated rings. The number of hydrogen-bond acceptors (Lipinski definition) is 3. The minimum Gasteiger partial charge on any atom is -0.351 e. The van der Waals surface area contributed by atoms with Crippen LogP contribution in [-0.2, 0) is 16.0 Å². The van der Waals surface area contributed by atoms with Crippen molar-refractivity contribution in [1.29, 1.82) is 0 Å². The molecule has 0 aromatic heterocycles. The molecule has 1 aromatic carbocycles. The zero-order valence-electron chi connectivity index (χ0n) is 12.7. The van der Waals surface area contributed by atoms with Crippen molar-refractivity contribution in [3.8, 4) is 0 Å². The number of carbonyl (C=O) groups is 2. The third-order valence-corrected chi connectivity index (χ3v) is 3.67. The van der Waals surface area contributed by atoms with E-state index in [0.29, 0.717) is 25.1 Å². The molecule has 0 saturated carbocycles. The highest BCUT2D eigenvalue weighted by atomic mass is 16.2. The number of hydrazone groups is 1. The smallest absolute Gasteiger partial charge is 0.267 e. The largest absolute Gasteiger partial charge is 0.351 e. The van der Waals surface area contributed by atoms with E-state index < -0.39 is 0 Å². The predicted molar refractivity (Wildman–Crippen MR) is 82.2 cm³/mol. The minimum atomic E-state index is -0.197. The van der Waals surface area contributed by atoms with Gasteiger partial charge in [-0.3, -0.25) is 9.59 Å². The summed E-state index contributed by atoms with van der Waals surface area (Å²) in [6, 6.07) is 4.32. The molecule has 0 radical (unpaired) electrons. The summed E-state index contributed by atoms with van der Waals surface area (Å²) in [6.45, 7) is 6.84. The van der Waals surface area contributed by atoms with Crippen LogP contribution in [0.15, 0.2) is 17.2 Å². The third kappa shape index (κ3) is 3.90. The number of nitrogens with zero attached hydrogens (tertiary/aromatic N) is 1. The molecule has 5 heteroatoms. The van der Waals surface area contributed by atoms with Crippen LogP contribution in [0, 0.1) is 20.8 Å². The number of benzene rings is 1. The Balaban J connectivity index is 1.90. The van der Waals surface area contributed by atoms with Crippen LogP contribution in [0.1, 0.15) is 35.1 Å². The molecule has 0 atom stereocenters. The number of rotatable bonds is 4. The number of nitrogens with one attached hydrogen (secondary N) is 2. The van der Waals surface area contributed by atoms with Crippen molar-refractivity contribution >= 4 is 17.5 Å². The average molecular weight is 287 g/mol. The van der Waals surface area contributed by atoms with Gasteiger partial charge in [-0.1, -0.05) is 17.7 Å². The first kappa shape index (κ1) is 15.2. The Bertz CT molecular complexity index is 583. The van der Waals surface area contributed by atoms with Crippen molar-refractivity contribution in [3.05, 3.63) is 34.4 Å². The summed E-state index contributed by atoms with van der Waals surface area (Å²) < 4.78 is 0. The second-order valence-corrected chi connectivity index (χ2v) is 5.48. The maximum Gasteiger partial charge on any atom is 0.267 e. The molecule has 21 heavy (non-hydrogen) atoms. The molecule has 1 aliphatic rings. The van der Waals surface area contributed by atoms with Gasteiger partial charge in [0.05, 0.1) is 0 Å². The van der Waals surface area contributed by atoms with Crippen LogP contribution in [0.5, 0.6) is 0 Å². The molecule has 1 aromatic rings. The highest BCUT2D eigenvalue weighted by molar-refractivity contribution is 6.39. The Morgan fingerprint density at radius 1 is 1.24 bits per heavy atom. The van der Waals surface area contributed by atoms with Crippen LogP contribution < -0.4 is 10.7 Å². The van der Waals surface area contributed by atoms with E-state index in [0.717, 1.165) is 6.42 Å². The second-order valence-electron chi connectivity index (χ2n) is 5.48. The van der Waals surface area contributed by atoms with Gasteiger partial charge in [-0.25, -0.2) is 5.43 Å². The molecule has 5 nitrogen and oxygen atoms in total. The standard InChI is InChI=1S/C16H21N3O2/c1-10-8-11(2)13(12(3)9-10)6-7-17-16(21)14-4-5-15(20)19-18-14/h8-9H,4-7H2,1-3H3,(H,17,21)(H,19,20). The third-order valence-electron chi connectivity index (χ3n) is 3.67. The van der Waals surface area contributed by atoms with Gasteiger partial charge in [0, 0.05) is 19.4 Å². The van der Waals surface area contributed by atoms with E-state index in [1.807, 2.05) is 0 Å². The van der Waals surface area contributed by atoms with E-state index in [-0.39, 0.29) is 11.8 Å².